The lowest BCUT2D eigenvalue weighted by molar-refractivity contribution is -0.139. The number of halogens is 1. The molecule has 1 aliphatic carbocycles. The van der Waals surface area contributed by atoms with Crippen molar-refractivity contribution in [1.29, 1.82) is 0 Å². The third kappa shape index (κ3) is 1.40. The normalized spacial score (nSPS) is 24.7. The Balaban J connectivity index is 2.48. The smallest absolute Gasteiger partial charge is 0.311 e. The average Bonchev–Trinajstić information content (AvgIpc) is 2.39. The fourth-order valence-corrected chi connectivity index (χ4v) is 2.40. The molecule has 1 aliphatic rings. The van der Waals surface area contributed by atoms with Crippen molar-refractivity contribution in [2.24, 2.45) is 5.92 Å². The van der Waals surface area contributed by atoms with E-state index in [4.69, 9.17) is 16.7 Å². The van der Waals surface area contributed by atoms with E-state index >= 15 is 0 Å². The van der Waals surface area contributed by atoms with Crippen LogP contribution in [-0.4, -0.2) is 11.1 Å². The summed E-state index contributed by atoms with van der Waals surface area (Å²) in [6.07, 6.45) is 0.812. The van der Waals surface area contributed by atoms with Crippen molar-refractivity contribution in [3.8, 4) is 0 Å². The molecule has 74 valence electrons. The Labute approximate surface area is 87.5 Å². The zero-order valence-corrected chi connectivity index (χ0v) is 8.58. The summed E-state index contributed by atoms with van der Waals surface area (Å²) in [6.45, 7) is 1.96. The van der Waals surface area contributed by atoms with Crippen LogP contribution in [0.1, 0.15) is 24.0 Å². The number of benzene rings is 1. The van der Waals surface area contributed by atoms with E-state index < -0.39 is 5.97 Å². The predicted octanol–water partition coefficient (Wildman–Crippen LogP) is 2.70. The number of rotatable bonds is 1. The molecule has 1 aromatic rings. The molecule has 1 N–H and O–H groups in total. The van der Waals surface area contributed by atoms with E-state index in [1.807, 2.05) is 19.1 Å². The van der Waals surface area contributed by atoms with Gasteiger partial charge in [0, 0.05) is 5.02 Å². The highest BCUT2D eigenvalue weighted by molar-refractivity contribution is 6.30. The lowest BCUT2D eigenvalue weighted by atomic mass is 9.94. The molecule has 0 heterocycles. The molecule has 0 fully saturated rings. The zero-order valence-electron chi connectivity index (χ0n) is 7.83. The topological polar surface area (TPSA) is 37.3 Å². The van der Waals surface area contributed by atoms with Gasteiger partial charge in [-0.05, 0) is 35.6 Å². The van der Waals surface area contributed by atoms with Crippen LogP contribution in [0.2, 0.25) is 5.02 Å². The first kappa shape index (κ1) is 9.53. The standard InChI is InChI=1S/C11H11ClO2/c1-6-4-7-5-8(12)2-3-9(7)10(6)11(13)14/h2-3,5-6,10H,4H2,1H3,(H,13,14). The quantitative estimate of drug-likeness (QED) is 0.774. The second-order valence-electron chi connectivity index (χ2n) is 3.84. The maximum Gasteiger partial charge on any atom is 0.311 e. The van der Waals surface area contributed by atoms with Gasteiger partial charge in [-0.25, -0.2) is 0 Å². The van der Waals surface area contributed by atoms with Crippen molar-refractivity contribution in [3.05, 3.63) is 34.3 Å². The summed E-state index contributed by atoms with van der Waals surface area (Å²) in [5, 5.41) is 9.75. The molecule has 0 spiro atoms. The Bertz CT molecular complexity index is 387. The SMILES string of the molecule is CC1Cc2cc(Cl)ccc2C1C(=O)O. The van der Waals surface area contributed by atoms with Gasteiger partial charge in [-0.1, -0.05) is 24.6 Å². The van der Waals surface area contributed by atoms with Crippen molar-refractivity contribution >= 4 is 17.6 Å². The molecule has 0 radical (unpaired) electrons. The van der Waals surface area contributed by atoms with Gasteiger partial charge in [0.25, 0.3) is 0 Å². The molecule has 2 atom stereocenters. The van der Waals surface area contributed by atoms with Gasteiger partial charge in [-0.3, -0.25) is 4.79 Å². The Morgan fingerprint density at radius 3 is 2.93 bits per heavy atom. The number of carbonyl (C=O) groups is 1. The molecule has 0 aliphatic heterocycles. The third-order valence-corrected chi connectivity index (χ3v) is 3.05. The summed E-state index contributed by atoms with van der Waals surface area (Å²) >= 11 is 5.85. The molecule has 3 heteroatoms. The van der Waals surface area contributed by atoms with Crippen molar-refractivity contribution < 1.29 is 9.90 Å². The van der Waals surface area contributed by atoms with Crippen LogP contribution in [0.3, 0.4) is 0 Å². The second-order valence-corrected chi connectivity index (χ2v) is 4.28. The highest BCUT2D eigenvalue weighted by Gasteiger charge is 2.34. The number of carboxylic acids is 1. The summed E-state index contributed by atoms with van der Waals surface area (Å²) in [5.74, 6) is -0.929. The van der Waals surface area contributed by atoms with E-state index in [9.17, 15) is 4.79 Å². The van der Waals surface area contributed by atoms with Gasteiger partial charge < -0.3 is 5.11 Å². The van der Waals surface area contributed by atoms with Crippen LogP contribution in [0.5, 0.6) is 0 Å². The molecule has 1 aromatic carbocycles. The molecule has 2 rings (SSSR count). The average molecular weight is 211 g/mol. The van der Waals surface area contributed by atoms with Crippen LogP contribution in [-0.2, 0) is 11.2 Å². The van der Waals surface area contributed by atoms with Crippen LogP contribution in [0.25, 0.3) is 0 Å². The van der Waals surface area contributed by atoms with E-state index in [1.165, 1.54) is 0 Å². The first-order valence-corrected chi connectivity index (χ1v) is 4.98. The van der Waals surface area contributed by atoms with Crippen molar-refractivity contribution in [2.45, 2.75) is 19.3 Å². The van der Waals surface area contributed by atoms with Crippen molar-refractivity contribution in [1.82, 2.24) is 0 Å². The number of hydrogen-bond donors (Lipinski definition) is 1. The van der Waals surface area contributed by atoms with E-state index in [0.29, 0.717) is 5.02 Å². The van der Waals surface area contributed by atoms with Crippen LogP contribution in [0.15, 0.2) is 18.2 Å². The molecule has 0 bridgehead atoms. The van der Waals surface area contributed by atoms with Crippen LogP contribution in [0.4, 0.5) is 0 Å². The second kappa shape index (κ2) is 3.28. The minimum Gasteiger partial charge on any atom is -0.481 e. The monoisotopic (exact) mass is 210 g/mol. The molecule has 0 aromatic heterocycles. The lowest BCUT2D eigenvalue weighted by Crippen LogP contribution is -2.14. The number of hydrogen-bond acceptors (Lipinski definition) is 1. The Morgan fingerprint density at radius 1 is 1.57 bits per heavy atom. The fraction of sp³-hybridized carbons (Fsp3) is 0.364. The highest BCUT2D eigenvalue weighted by Crippen LogP contribution is 2.38. The van der Waals surface area contributed by atoms with E-state index in [2.05, 4.69) is 0 Å². The molecule has 2 nitrogen and oxygen atoms in total. The van der Waals surface area contributed by atoms with Gasteiger partial charge >= 0.3 is 5.97 Å². The largest absolute Gasteiger partial charge is 0.481 e. The molecule has 0 amide bonds. The van der Waals surface area contributed by atoms with Gasteiger partial charge in [0.15, 0.2) is 0 Å². The van der Waals surface area contributed by atoms with Crippen LogP contribution < -0.4 is 0 Å². The van der Waals surface area contributed by atoms with Gasteiger partial charge in [0.05, 0.1) is 5.92 Å². The van der Waals surface area contributed by atoms with E-state index in [1.54, 1.807) is 6.07 Å². The maximum absolute atomic E-state index is 11.0. The molecule has 0 saturated carbocycles. The van der Waals surface area contributed by atoms with Gasteiger partial charge in [-0.2, -0.15) is 0 Å². The van der Waals surface area contributed by atoms with Crippen LogP contribution >= 0.6 is 11.6 Å². The minimum absolute atomic E-state index is 0.168. The number of fused-ring (bicyclic) bond motifs is 1. The number of carboxylic acid groups (broad SMARTS) is 1. The zero-order chi connectivity index (χ0) is 10.3. The van der Waals surface area contributed by atoms with E-state index in [0.717, 1.165) is 17.5 Å². The van der Waals surface area contributed by atoms with Gasteiger partial charge in [0.1, 0.15) is 0 Å². The Kier molecular flexibility index (Phi) is 2.23. The first-order chi connectivity index (χ1) is 6.59. The Hall–Kier alpha value is -1.02. The van der Waals surface area contributed by atoms with Crippen LogP contribution in [0, 0.1) is 5.92 Å². The fourth-order valence-electron chi connectivity index (χ4n) is 2.20. The Morgan fingerprint density at radius 2 is 2.29 bits per heavy atom. The molecule has 14 heavy (non-hydrogen) atoms. The maximum atomic E-state index is 11.0. The molecular formula is C11H11ClO2. The summed E-state index contributed by atoms with van der Waals surface area (Å²) in [7, 11) is 0. The van der Waals surface area contributed by atoms with E-state index in [-0.39, 0.29) is 11.8 Å². The highest BCUT2D eigenvalue weighted by atomic mass is 35.5. The van der Waals surface area contributed by atoms with Gasteiger partial charge in [0.2, 0.25) is 0 Å². The lowest BCUT2D eigenvalue weighted by Gasteiger charge is -2.10. The van der Waals surface area contributed by atoms with Gasteiger partial charge in [-0.15, -0.1) is 0 Å². The minimum atomic E-state index is -0.737. The molecule has 2 unspecified atom stereocenters. The molecule has 0 saturated heterocycles. The third-order valence-electron chi connectivity index (χ3n) is 2.82. The van der Waals surface area contributed by atoms with Crippen molar-refractivity contribution in [3.63, 3.8) is 0 Å². The first-order valence-electron chi connectivity index (χ1n) is 4.60. The van der Waals surface area contributed by atoms with Crippen molar-refractivity contribution in [2.75, 3.05) is 0 Å². The summed E-state index contributed by atoms with van der Waals surface area (Å²) in [5.41, 5.74) is 2.01. The summed E-state index contributed by atoms with van der Waals surface area (Å²) in [4.78, 5) is 11.0. The summed E-state index contributed by atoms with van der Waals surface area (Å²) in [6, 6.07) is 5.46. The molecular weight excluding hydrogens is 200 g/mol. The summed E-state index contributed by atoms with van der Waals surface area (Å²) < 4.78 is 0. The number of aliphatic carboxylic acids is 1. The predicted molar refractivity (Wildman–Crippen MR) is 54.7 cm³/mol.